The molecule has 1 amide bonds. The number of piperidine rings is 1. The summed E-state index contributed by atoms with van der Waals surface area (Å²) in [5.41, 5.74) is -0.131. The molecule has 2 aliphatic carbocycles. The number of hydrogen-bond donors (Lipinski definition) is 2. The quantitative estimate of drug-likeness (QED) is 0.887. The summed E-state index contributed by atoms with van der Waals surface area (Å²) in [6.45, 7) is 3.88. The third-order valence-electron chi connectivity index (χ3n) is 5.88. The molecule has 1 unspecified atom stereocenters. The summed E-state index contributed by atoms with van der Waals surface area (Å²) in [6.07, 6.45) is 7.33. The Bertz CT molecular complexity index is 570. The molecular formula is C16H24N4O2. The van der Waals surface area contributed by atoms with E-state index in [0.29, 0.717) is 11.7 Å². The van der Waals surface area contributed by atoms with E-state index in [1.54, 1.807) is 6.92 Å². The van der Waals surface area contributed by atoms with Crippen molar-refractivity contribution in [2.24, 2.45) is 11.3 Å². The Labute approximate surface area is 130 Å². The van der Waals surface area contributed by atoms with E-state index in [0.717, 1.165) is 58.0 Å². The lowest BCUT2D eigenvalue weighted by molar-refractivity contribution is -0.125. The van der Waals surface area contributed by atoms with Crippen LogP contribution in [0.5, 0.6) is 0 Å². The Kier molecular flexibility index (Phi) is 3.25. The molecule has 1 aromatic rings. The topological polar surface area (TPSA) is 80.0 Å². The second-order valence-corrected chi connectivity index (χ2v) is 7.28. The van der Waals surface area contributed by atoms with Crippen LogP contribution in [-0.2, 0) is 10.3 Å². The summed E-state index contributed by atoms with van der Waals surface area (Å²) < 4.78 is 5.15. The van der Waals surface area contributed by atoms with Crippen molar-refractivity contribution in [2.75, 3.05) is 13.1 Å². The van der Waals surface area contributed by atoms with E-state index in [-0.39, 0.29) is 17.2 Å². The van der Waals surface area contributed by atoms with Gasteiger partial charge in [0.25, 0.3) is 0 Å². The zero-order valence-corrected chi connectivity index (χ0v) is 13.2. The average Bonchev–Trinajstić information content (AvgIpc) is 2.89. The molecule has 2 heterocycles. The monoisotopic (exact) mass is 304 g/mol. The van der Waals surface area contributed by atoms with Crippen molar-refractivity contribution < 1.29 is 9.32 Å². The number of nitrogens with one attached hydrogen (secondary N) is 2. The molecule has 2 N–H and O–H groups in total. The minimum atomic E-state index is -0.397. The van der Waals surface area contributed by atoms with Crippen molar-refractivity contribution in [3.8, 4) is 0 Å². The molecule has 1 aliphatic heterocycles. The molecular weight excluding hydrogens is 280 g/mol. The van der Waals surface area contributed by atoms with Gasteiger partial charge >= 0.3 is 0 Å². The average molecular weight is 304 g/mol. The maximum Gasteiger partial charge on any atom is 0.224 e. The zero-order valence-electron chi connectivity index (χ0n) is 13.2. The normalized spacial score (nSPS) is 28.7. The first kappa shape index (κ1) is 14.2. The van der Waals surface area contributed by atoms with Gasteiger partial charge in [0, 0.05) is 12.8 Å². The van der Waals surface area contributed by atoms with Gasteiger partial charge < -0.3 is 15.2 Å². The van der Waals surface area contributed by atoms with Crippen LogP contribution in [-0.4, -0.2) is 29.1 Å². The smallest absolute Gasteiger partial charge is 0.224 e. The molecule has 6 nitrogen and oxygen atoms in total. The van der Waals surface area contributed by atoms with E-state index >= 15 is 0 Å². The van der Waals surface area contributed by atoms with Crippen LogP contribution in [0.25, 0.3) is 0 Å². The molecule has 6 heteroatoms. The van der Waals surface area contributed by atoms with Crippen molar-refractivity contribution in [1.82, 2.24) is 20.8 Å². The maximum absolute atomic E-state index is 12.8. The molecule has 1 saturated heterocycles. The van der Waals surface area contributed by atoms with Crippen LogP contribution in [0, 0.1) is 18.3 Å². The lowest BCUT2D eigenvalue weighted by Gasteiger charge is -2.28. The Morgan fingerprint density at radius 3 is 2.64 bits per heavy atom. The molecule has 1 atom stereocenters. The second-order valence-electron chi connectivity index (χ2n) is 7.28. The standard InChI is InChI=1S/C16H24N4O2/c1-11-18-14(20-22-11)16(4-2-3-5-16)19-13(21)12-10-15(12)6-8-17-9-7-15/h12,17H,2-10H2,1H3,(H,19,21). The fourth-order valence-corrected chi connectivity index (χ4v) is 4.40. The van der Waals surface area contributed by atoms with Gasteiger partial charge in [0.05, 0.1) is 0 Å². The minimum absolute atomic E-state index is 0.181. The van der Waals surface area contributed by atoms with Gasteiger partial charge in [0.2, 0.25) is 11.8 Å². The van der Waals surface area contributed by atoms with Crippen LogP contribution < -0.4 is 10.6 Å². The van der Waals surface area contributed by atoms with E-state index in [9.17, 15) is 4.79 Å². The molecule has 3 aliphatic rings. The third kappa shape index (κ3) is 2.24. The first-order valence-corrected chi connectivity index (χ1v) is 8.47. The highest BCUT2D eigenvalue weighted by Crippen LogP contribution is 2.59. The lowest BCUT2D eigenvalue weighted by atomic mass is 9.90. The molecule has 2 saturated carbocycles. The highest BCUT2D eigenvalue weighted by molar-refractivity contribution is 5.83. The van der Waals surface area contributed by atoms with E-state index in [1.165, 1.54) is 0 Å². The van der Waals surface area contributed by atoms with Crippen molar-refractivity contribution in [1.29, 1.82) is 0 Å². The molecule has 3 fully saturated rings. The van der Waals surface area contributed by atoms with Crippen molar-refractivity contribution in [3.63, 3.8) is 0 Å². The number of nitrogens with zero attached hydrogens (tertiary/aromatic N) is 2. The molecule has 4 rings (SSSR count). The highest BCUT2D eigenvalue weighted by atomic mass is 16.5. The number of aryl methyl sites for hydroxylation is 1. The molecule has 0 radical (unpaired) electrons. The van der Waals surface area contributed by atoms with Crippen molar-refractivity contribution in [2.45, 2.75) is 57.4 Å². The van der Waals surface area contributed by atoms with Crippen LogP contribution in [0.2, 0.25) is 0 Å². The molecule has 1 spiro atoms. The predicted molar refractivity (Wildman–Crippen MR) is 80.0 cm³/mol. The van der Waals surface area contributed by atoms with E-state index in [2.05, 4.69) is 20.8 Å². The van der Waals surface area contributed by atoms with Crippen molar-refractivity contribution >= 4 is 5.91 Å². The van der Waals surface area contributed by atoms with Gasteiger partial charge in [0.15, 0.2) is 5.82 Å². The van der Waals surface area contributed by atoms with Gasteiger partial charge in [-0.15, -0.1) is 0 Å². The predicted octanol–water partition coefficient (Wildman–Crippen LogP) is 1.65. The first-order valence-electron chi connectivity index (χ1n) is 8.47. The zero-order chi connectivity index (χ0) is 15.2. The van der Waals surface area contributed by atoms with Crippen LogP contribution in [0.15, 0.2) is 4.52 Å². The number of rotatable bonds is 3. The highest BCUT2D eigenvalue weighted by Gasteiger charge is 2.58. The lowest BCUT2D eigenvalue weighted by Crippen LogP contribution is -2.46. The van der Waals surface area contributed by atoms with Crippen LogP contribution in [0.4, 0.5) is 0 Å². The minimum Gasteiger partial charge on any atom is -0.343 e. The number of carbonyl (C=O) groups excluding carboxylic acids is 1. The summed E-state index contributed by atoms with van der Waals surface area (Å²) in [5.74, 6) is 1.61. The summed E-state index contributed by atoms with van der Waals surface area (Å²) in [7, 11) is 0. The summed E-state index contributed by atoms with van der Waals surface area (Å²) in [4.78, 5) is 17.2. The Morgan fingerprint density at radius 2 is 2.00 bits per heavy atom. The first-order chi connectivity index (χ1) is 10.6. The van der Waals surface area contributed by atoms with Crippen molar-refractivity contribution in [3.05, 3.63) is 11.7 Å². The number of carbonyl (C=O) groups is 1. The molecule has 1 aromatic heterocycles. The number of aromatic nitrogens is 2. The Hall–Kier alpha value is -1.43. The Balaban J connectivity index is 1.50. The van der Waals surface area contributed by atoms with Gasteiger partial charge in [-0.25, -0.2) is 0 Å². The fraction of sp³-hybridized carbons (Fsp3) is 0.812. The molecule has 22 heavy (non-hydrogen) atoms. The van der Waals surface area contributed by atoms with Gasteiger partial charge in [-0.1, -0.05) is 18.0 Å². The number of hydrogen-bond acceptors (Lipinski definition) is 5. The fourth-order valence-electron chi connectivity index (χ4n) is 4.40. The molecule has 0 aromatic carbocycles. The summed E-state index contributed by atoms with van der Waals surface area (Å²) >= 11 is 0. The molecule has 0 bridgehead atoms. The summed E-state index contributed by atoms with van der Waals surface area (Å²) in [5, 5.41) is 10.8. The van der Waals surface area contributed by atoms with Crippen LogP contribution in [0.3, 0.4) is 0 Å². The van der Waals surface area contributed by atoms with Gasteiger partial charge in [-0.2, -0.15) is 4.98 Å². The Morgan fingerprint density at radius 1 is 1.27 bits per heavy atom. The van der Waals surface area contributed by atoms with Crippen LogP contribution in [0.1, 0.15) is 56.7 Å². The van der Waals surface area contributed by atoms with E-state index in [1.807, 2.05) is 0 Å². The number of amides is 1. The van der Waals surface area contributed by atoms with Gasteiger partial charge in [-0.05, 0) is 50.6 Å². The van der Waals surface area contributed by atoms with E-state index in [4.69, 9.17) is 4.52 Å². The second kappa shape index (κ2) is 5.05. The largest absolute Gasteiger partial charge is 0.343 e. The van der Waals surface area contributed by atoms with Crippen LogP contribution >= 0.6 is 0 Å². The summed E-state index contributed by atoms with van der Waals surface area (Å²) in [6, 6.07) is 0. The van der Waals surface area contributed by atoms with Gasteiger partial charge in [0.1, 0.15) is 5.54 Å². The third-order valence-corrected chi connectivity index (χ3v) is 5.88. The SMILES string of the molecule is Cc1nc(C2(NC(=O)C3CC34CCNCC4)CCCC2)no1. The maximum atomic E-state index is 12.8. The van der Waals surface area contributed by atoms with Gasteiger partial charge in [-0.3, -0.25) is 4.79 Å². The molecule has 120 valence electrons. The van der Waals surface area contributed by atoms with E-state index < -0.39 is 5.54 Å².